The molecule has 1 unspecified atom stereocenters. The van der Waals surface area contributed by atoms with Crippen molar-refractivity contribution in [3.05, 3.63) is 0 Å². The van der Waals surface area contributed by atoms with Crippen molar-refractivity contribution in [2.24, 2.45) is 4.99 Å². The van der Waals surface area contributed by atoms with Crippen LogP contribution in [0, 0.1) is 0 Å². The monoisotopic (exact) mass is 518 g/mol. The van der Waals surface area contributed by atoms with E-state index in [4.69, 9.17) is 4.74 Å². The number of rotatable bonds is 9. The van der Waals surface area contributed by atoms with Gasteiger partial charge in [-0.25, -0.2) is 4.79 Å². The van der Waals surface area contributed by atoms with E-state index < -0.39 is 73.6 Å². The zero-order valence-corrected chi connectivity index (χ0v) is 17.2. The fourth-order valence-electron chi connectivity index (χ4n) is 1.86. The van der Waals surface area contributed by atoms with Gasteiger partial charge < -0.3 is 10.1 Å². The lowest BCUT2D eigenvalue weighted by molar-refractivity contribution is -0.176. The van der Waals surface area contributed by atoms with Gasteiger partial charge in [0.05, 0.1) is 6.61 Å². The van der Waals surface area contributed by atoms with Gasteiger partial charge in [0.25, 0.3) is 0 Å². The van der Waals surface area contributed by atoms with E-state index in [2.05, 4.69) is 4.99 Å². The number of unbranched alkanes of at least 4 members (excludes halogenated alkanes) is 1. The number of carbonyl (C=O) groups excluding carboxylic acids is 4. The average Bonchev–Trinajstić information content (AvgIpc) is 2.67. The number of halogens is 9. The predicted octanol–water partition coefficient (Wildman–Crippen LogP) is 1.87. The zero-order valence-electron chi connectivity index (χ0n) is 17.2. The van der Waals surface area contributed by atoms with E-state index in [9.17, 15) is 58.7 Å². The molecule has 0 aliphatic carbocycles. The van der Waals surface area contributed by atoms with Crippen LogP contribution in [-0.2, 0) is 23.9 Å². The van der Waals surface area contributed by atoms with Crippen LogP contribution in [0.25, 0.3) is 0 Å². The lowest BCUT2D eigenvalue weighted by atomic mass is 10.1. The van der Waals surface area contributed by atoms with E-state index in [-0.39, 0.29) is 6.61 Å². The lowest BCUT2D eigenvalue weighted by Crippen LogP contribution is -2.51. The summed E-state index contributed by atoms with van der Waals surface area (Å²) in [4.78, 5) is 48.0. The number of nitrogens with one attached hydrogen (secondary N) is 3. The second-order valence-corrected chi connectivity index (χ2v) is 6.32. The summed E-state index contributed by atoms with van der Waals surface area (Å²) in [5.41, 5.74) is 0. The minimum absolute atomic E-state index is 0.191. The molecule has 1 atom stereocenters. The molecule has 0 rings (SSSR count). The third kappa shape index (κ3) is 12.2. The van der Waals surface area contributed by atoms with E-state index in [0.29, 0.717) is 12.8 Å². The molecule has 18 heteroatoms. The molecule has 0 saturated heterocycles. The Bertz CT molecular complexity index is 733. The van der Waals surface area contributed by atoms with Crippen LogP contribution in [0.3, 0.4) is 0 Å². The van der Waals surface area contributed by atoms with Crippen LogP contribution in [0.5, 0.6) is 0 Å². The van der Waals surface area contributed by atoms with Crippen molar-refractivity contribution in [1.29, 1.82) is 0 Å². The van der Waals surface area contributed by atoms with Gasteiger partial charge in [0.1, 0.15) is 6.04 Å². The Balaban J connectivity index is 5.35. The number of aliphatic imine (C=N–C) groups is 1. The van der Waals surface area contributed by atoms with Crippen LogP contribution in [0.1, 0.15) is 32.6 Å². The second kappa shape index (κ2) is 13.0. The summed E-state index contributed by atoms with van der Waals surface area (Å²) in [5.74, 6) is -10.9. The number of hydrogen-bond donors (Lipinski definition) is 3. The Morgan fingerprint density at radius 3 is 1.68 bits per heavy atom. The summed E-state index contributed by atoms with van der Waals surface area (Å²) in [5, 5.41) is 3.15. The van der Waals surface area contributed by atoms with Crippen molar-refractivity contribution in [1.82, 2.24) is 16.0 Å². The van der Waals surface area contributed by atoms with Crippen LogP contribution in [-0.4, -0.2) is 67.4 Å². The maximum Gasteiger partial charge on any atom is 0.471 e. The molecular formula is C16H19F9N4O5. The minimum Gasteiger partial charge on any atom is -0.464 e. The fraction of sp³-hybridized carbons (Fsp3) is 0.688. The number of hydrogen-bond acceptors (Lipinski definition) is 6. The van der Waals surface area contributed by atoms with Crippen LogP contribution in [0.15, 0.2) is 4.99 Å². The summed E-state index contributed by atoms with van der Waals surface area (Å²) in [7, 11) is 0. The maximum atomic E-state index is 12.5. The largest absolute Gasteiger partial charge is 0.471 e. The molecule has 0 radical (unpaired) electrons. The molecule has 0 aliphatic heterocycles. The molecule has 9 nitrogen and oxygen atoms in total. The minimum atomic E-state index is -5.56. The number of nitrogens with zero attached hydrogens (tertiary/aromatic N) is 1. The van der Waals surface area contributed by atoms with Gasteiger partial charge in [-0.15, -0.1) is 0 Å². The molecule has 0 aromatic carbocycles. The van der Waals surface area contributed by atoms with E-state index in [1.807, 2.05) is 0 Å². The molecular weight excluding hydrogens is 499 g/mol. The van der Waals surface area contributed by atoms with Gasteiger partial charge in [-0.2, -0.15) is 39.5 Å². The molecule has 0 aromatic rings. The number of guanidine groups is 1. The predicted molar refractivity (Wildman–Crippen MR) is 93.8 cm³/mol. The molecule has 0 aliphatic rings. The lowest BCUT2D eigenvalue weighted by Gasteiger charge is -2.18. The first-order chi connectivity index (χ1) is 15.4. The molecule has 3 amide bonds. The fourth-order valence-corrected chi connectivity index (χ4v) is 1.86. The quantitative estimate of drug-likeness (QED) is 0.141. The van der Waals surface area contributed by atoms with Crippen LogP contribution in [0.4, 0.5) is 39.5 Å². The van der Waals surface area contributed by atoms with Crippen molar-refractivity contribution < 1.29 is 63.4 Å². The number of ether oxygens (including phenoxy) is 1. The zero-order chi connectivity index (χ0) is 26.7. The molecule has 0 spiro atoms. The van der Waals surface area contributed by atoms with Gasteiger partial charge >= 0.3 is 42.2 Å². The van der Waals surface area contributed by atoms with Gasteiger partial charge in [0.2, 0.25) is 5.96 Å². The van der Waals surface area contributed by atoms with Gasteiger partial charge in [-0.1, -0.05) is 13.3 Å². The highest BCUT2D eigenvalue weighted by Gasteiger charge is 2.43. The van der Waals surface area contributed by atoms with E-state index in [1.54, 1.807) is 6.92 Å². The third-order valence-electron chi connectivity index (χ3n) is 3.49. The Hall–Kier alpha value is -3.08. The average molecular weight is 518 g/mol. The molecule has 0 heterocycles. The number of alkyl halides is 9. The molecule has 0 fully saturated rings. The molecule has 0 aromatic heterocycles. The van der Waals surface area contributed by atoms with Gasteiger partial charge in [-0.05, 0) is 19.3 Å². The normalized spacial score (nSPS) is 12.9. The first-order valence-corrected chi connectivity index (χ1v) is 9.24. The van der Waals surface area contributed by atoms with Crippen LogP contribution in [0.2, 0.25) is 0 Å². The van der Waals surface area contributed by atoms with Crippen molar-refractivity contribution in [2.75, 3.05) is 13.2 Å². The van der Waals surface area contributed by atoms with Crippen molar-refractivity contribution in [2.45, 2.75) is 57.2 Å². The highest BCUT2D eigenvalue weighted by Crippen LogP contribution is 2.17. The van der Waals surface area contributed by atoms with Crippen molar-refractivity contribution in [3.8, 4) is 0 Å². The molecule has 0 bridgehead atoms. The molecule has 196 valence electrons. The first-order valence-electron chi connectivity index (χ1n) is 9.24. The number of esters is 1. The molecule has 3 N–H and O–H groups in total. The topological polar surface area (TPSA) is 126 Å². The molecule has 0 saturated carbocycles. The smallest absolute Gasteiger partial charge is 0.464 e. The number of amides is 3. The maximum absolute atomic E-state index is 12.5. The van der Waals surface area contributed by atoms with Crippen LogP contribution < -0.4 is 16.0 Å². The Morgan fingerprint density at radius 1 is 0.794 bits per heavy atom. The van der Waals surface area contributed by atoms with E-state index >= 15 is 0 Å². The Morgan fingerprint density at radius 2 is 1.26 bits per heavy atom. The van der Waals surface area contributed by atoms with Crippen molar-refractivity contribution >= 4 is 29.7 Å². The number of carbonyl (C=O) groups is 4. The Kier molecular flexibility index (Phi) is 11.8. The van der Waals surface area contributed by atoms with Gasteiger partial charge in [-0.3, -0.25) is 30.0 Å². The second-order valence-electron chi connectivity index (χ2n) is 6.32. The molecule has 34 heavy (non-hydrogen) atoms. The highest BCUT2D eigenvalue weighted by atomic mass is 19.4. The summed E-state index contributed by atoms with van der Waals surface area (Å²) < 4.78 is 116. The standard InChI is InChI=1S/C16H19F9N4O5/c1-2-3-7-34-9(30)8(27-10(31)14(17,18)19)5-4-6-26-13(28-11(32)15(20,21)22)29-12(33)16(23,24)25/h8H,2-7H2,1H3,(H,27,31)(H2,26,28,29,32,33). The van der Waals surface area contributed by atoms with Crippen LogP contribution >= 0.6 is 0 Å². The van der Waals surface area contributed by atoms with Crippen molar-refractivity contribution in [3.63, 3.8) is 0 Å². The highest BCUT2D eigenvalue weighted by molar-refractivity contribution is 6.06. The van der Waals surface area contributed by atoms with E-state index in [0.717, 1.165) is 10.6 Å². The SMILES string of the molecule is CCCCOC(=O)C(CCCN=C(NC(=O)C(F)(F)F)NC(=O)C(F)(F)F)NC(=O)C(F)(F)F. The van der Waals surface area contributed by atoms with E-state index in [1.165, 1.54) is 5.32 Å². The summed E-state index contributed by atoms with van der Waals surface area (Å²) in [6, 6.07) is -1.88. The van der Waals surface area contributed by atoms with Gasteiger partial charge in [0, 0.05) is 6.54 Å². The summed E-state index contributed by atoms with van der Waals surface area (Å²) in [6.45, 7) is 0.733. The first kappa shape index (κ1) is 30.9. The van der Waals surface area contributed by atoms with Gasteiger partial charge in [0.15, 0.2) is 0 Å². The Labute approximate surface area is 185 Å². The third-order valence-corrected chi connectivity index (χ3v) is 3.49. The summed E-state index contributed by atoms with van der Waals surface area (Å²) in [6.07, 6.45) is -16.7. The summed E-state index contributed by atoms with van der Waals surface area (Å²) >= 11 is 0.